The lowest BCUT2D eigenvalue weighted by Crippen LogP contribution is -2.53. The maximum absolute atomic E-state index is 13.3. The summed E-state index contributed by atoms with van der Waals surface area (Å²) < 4.78 is 9.46. The molecule has 0 radical (unpaired) electrons. The molecular weight excluding hydrogens is 713 g/mol. The van der Waals surface area contributed by atoms with E-state index >= 15 is 0 Å². The van der Waals surface area contributed by atoms with Gasteiger partial charge in [-0.1, -0.05) is 76.2 Å². The van der Waals surface area contributed by atoms with Gasteiger partial charge in [-0.2, -0.15) is 0 Å². The summed E-state index contributed by atoms with van der Waals surface area (Å²) in [5.74, 6) is 0.916. The number of nitrogens with zero attached hydrogens (tertiary/aromatic N) is 4. The van der Waals surface area contributed by atoms with E-state index in [0.717, 1.165) is 44.4 Å². The van der Waals surface area contributed by atoms with Crippen LogP contribution in [0.1, 0.15) is 65.3 Å². The molecule has 3 amide bonds. The molecule has 14 heteroatoms. The van der Waals surface area contributed by atoms with Crippen molar-refractivity contribution in [2.24, 2.45) is 11.8 Å². The number of aromatic amines is 2. The molecule has 3 aromatic carbocycles. The van der Waals surface area contributed by atoms with Crippen LogP contribution in [0.15, 0.2) is 73.1 Å². The standard InChI is InChI=1S/C42H54N8O6/c1-23(2)35(47-41(53)55-9)39(51)49(7)25(5)37-43-21-33(45-37)28-13-11-27(12-14-28)29-15-16-31-20-32(18-17-30(31)19-29)34-22-44-38(46-34)26(6)50(8)40(52)36(24(3)4)48-42(54)56-10/h11-26,35-36,40,52H,1-10H3,(H,43,45)(H,44,46)(H,47,53)(H,48,54)/t25-,26-,35-,36-,40?/m0/s1. The number of H-pyrrole nitrogens is 2. The van der Waals surface area contributed by atoms with Crippen LogP contribution in [0, 0.1) is 11.8 Å². The maximum Gasteiger partial charge on any atom is 0.407 e. The number of amides is 3. The first-order chi connectivity index (χ1) is 26.6. The van der Waals surface area contributed by atoms with Crippen molar-refractivity contribution >= 4 is 28.9 Å². The summed E-state index contributed by atoms with van der Waals surface area (Å²) >= 11 is 0. The molecule has 5 N–H and O–H groups in total. The lowest BCUT2D eigenvalue weighted by Gasteiger charge is -2.35. The number of aliphatic hydroxyl groups is 1. The summed E-state index contributed by atoms with van der Waals surface area (Å²) in [7, 11) is 6.06. The van der Waals surface area contributed by atoms with E-state index in [1.54, 1.807) is 36.3 Å². The molecule has 0 aliphatic carbocycles. The predicted octanol–water partition coefficient (Wildman–Crippen LogP) is 6.88. The molecule has 298 valence electrons. The van der Waals surface area contributed by atoms with Crippen molar-refractivity contribution in [2.75, 3.05) is 28.3 Å². The van der Waals surface area contributed by atoms with Crippen LogP contribution in [-0.2, 0) is 14.3 Å². The molecule has 1 unspecified atom stereocenters. The molecule has 14 nitrogen and oxygen atoms in total. The van der Waals surface area contributed by atoms with Crippen LogP contribution >= 0.6 is 0 Å². The van der Waals surface area contributed by atoms with Gasteiger partial charge in [0.05, 0.1) is 56.1 Å². The van der Waals surface area contributed by atoms with E-state index in [9.17, 15) is 19.5 Å². The van der Waals surface area contributed by atoms with Gasteiger partial charge in [0.25, 0.3) is 0 Å². The van der Waals surface area contributed by atoms with Gasteiger partial charge in [0.1, 0.15) is 23.9 Å². The quantitative estimate of drug-likeness (QED) is 0.0754. The minimum Gasteiger partial charge on any atom is -0.453 e. The first-order valence-corrected chi connectivity index (χ1v) is 18.7. The molecule has 0 aliphatic rings. The molecule has 2 aromatic heterocycles. The van der Waals surface area contributed by atoms with Crippen molar-refractivity contribution in [2.45, 2.75) is 71.9 Å². The second-order valence-electron chi connectivity index (χ2n) is 14.9. The Bertz CT molecular complexity index is 2130. The molecule has 5 rings (SSSR count). The molecule has 0 saturated heterocycles. The number of carbonyl (C=O) groups is 3. The Labute approximate surface area is 328 Å². The highest BCUT2D eigenvalue weighted by molar-refractivity contribution is 5.90. The third kappa shape index (κ3) is 9.20. The van der Waals surface area contributed by atoms with Gasteiger partial charge >= 0.3 is 12.2 Å². The van der Waals surface area contributed by atoms with Gasteiger partial charge in [0.2, 0.25) is 5.91 Å². The van der Waals surface area contributed by atoms with E-state index in [1.807, 2.05) is 53.7 Å². The fourth-order valence-corrected chi connectivity index (χ4v) is 6.58. The molecule has 0 aliphatic heterocycles. The van der Waals surface area contributed by atoms with Crippen LogP contribution in [0.5, 0.6) is 0 Å². The SMILES string of the molecule is COC(=O)N[C@@H](C(C)C)C(O)N(C)[C@@H](C)c1ncc(-c2ccc3cc(-c4ccc(-c5cnc([C@H](C)N(C)C(=O)[C@@H](NC(=O)OC)C(C)C)[nH]5)cc4)ccc3c2)[nH]1. The van der Waals surface area contributed by atoms with Crippen molar-refractivity contribution < 1.29 is 29.0 Å². The van der Waals surface area contributed by atoms with E-state index in [0.29, 0.717) is 11.6 Å². The molecule has 0 fully saturated rings. The number of hydrogen-bond acceptors (Lipinski definition) is 9. The lowest BCUT2D eigenvalue weighted by atomic mass is 9.98. The highest BCUT2D eigenvalue weighted by Crippen LogP contribution is 2.31. The molecule has 0 bridgehead atoms. The lowest BCUT2D eigenvalue weighted by molar-refractivity contribution is -0.135. The third-order valence-electron chi connectivity index (χ3n) is 10.5. The number of aromatic nitrogens is 4. The second kappa shape index (κ2) is 17.8. The van der Waals surface area contributed by atoms with E-state index in [2.05, 4.69) is 79.1 Å². The highest BCUT2D eigenvalue weighted by Gasteiger charge is 2.32. The van der Waals surface area contributed by atoms with Crippen LogP contribution < -0.4 is 10.6 Å². The number of methoxy groups -OCH3 is 2. The average molecular weight is 767 g/mol. The Kier molecular flexibility index (Phi) is 13.2. The summed E-state index contributed by atoms with van der Waals surface area (Å²) in [6, 6.07) is 19.0. The molecule has 0 spiro atoms. The van der Waals surface area contributed by atoms with Crippen molar-refractivity contribution in [3.05, 3.63) is 84.7 Å². The van der Waals surface area contributed by atoms with Gasteiger partial charge in [0.15, 0.2) is 0 Å². The number of fused-ring (bicyclic) bond motifs is 1. The monoisotopic (exact) mass is 766 g/mol. The summed E-state index contributed by atoms with van der Waals surface area (Å²) in [5.41, 5.74) is 5.77. The van der Waals surface area contributed by atoms with Crippen LogP contribution in [0.25, 0.3) is 44.4 Å². The first-order valence-electron chi connectivity index (χ1n) is 18.7. The van der Waals surface area contributed by atoms with Gasteiger partial charge < -0.3 is 40.1 Å². The zero-order valence-corrected chi connectivity index (χ0v) is 33.7. The fourth-order valence-electron chi connectivity index (χ4n) is 6.58. The summed E-state index contributed by atoms with van der Waals surface area (Å²) in [6.45, 7) is 11.4. The van der Waals surface area contributed by atoms with Crippen LogP contribution in [0.4, 0.5) is 9.59 Å². The molecular formula is C42H54N8O6. The number of rotatable bonds is 14. The van der Waals surface area contributed by atoms with Crippen molar-refractivity contribution in [3.8, 4) is 33.6 Å². The summed E-state index contributed by atoms with van der Waals surface area (Å²) in [6.07, 6.45) is 1.35. The largest absolute Gasteiger partial charge is 0.453 e. The van der Waals surface area contributed by atoms with E-state index in [4.69, 9.17) is 9.47 Å². The van der Waals surface area contributed by atoms with Gasteiger partial charge in [-0.25, -0.2) is 19.6 Å². The van der Waals surface area contributed by atoms with Crippen LogP contribution in [0.2, 0.25) is 0 Å². The Balaban J connectivity index is 1.26. The van der Waals surface area contributed by atoms with Crippen LogP contribution in [0.3, 0.4) is 0 Å². The van der Waals surface area contributed by atoms with E-state index < -0.39 is 30.5 Å². The van der Waals surface area contributed by atoms with Crippen LogP contribution in [-0.4, -0.2) is 99.6 Å². The maximum atomic E-state index is 13.3. The minimum absolute atomic E-state index is 0.0363. The predicted molar refractivity (Wildman–Crippen MR) is 216 cm³/mol. The van der Waals surface area contributed by atoms with Gasteiger partial charge in [-0.3, -0.25) is 9.69 Å². The summed E-state index contributed by atoms with van der Waals surface area (Å²) in [4.78, 5) is 56.4. The smallest absolute Gasteiger partial charge is 0.407 e. The number of alkyl carbamates (subject to hydrolysis) is 2. The van der Waals surface area contributed by atoms with Crippen molar-refractivity contribution in [1.82, 2.24) is 40.4 Å². The summed E-state index contributed by atoms with van der Waals surface area (Å²) in [5, 5.41) is 18.7. The Morgan fingerprint density at radius 3 is 1.70 bits per heavy atom. The molecule has 5 atom stereocenters. The Hall–Kier alpha value is -5.73. The third-order valence-corrected chi connectivity index (χ3v) is 10.5. The molecule has 0 saturated carbocycles. The van der Waals surface area contributed by atoms with E-state index in [-0.39, 0.29) is 29.8 Å². The zero-order valence-electron chi connectivity index (χ0n) is 33.7. The fraction of sp³-hybridized carbons (Fsp3) is 0.405. The first kappa shape index (κ1) is 41.4. The number of imidazole rings is 2. The second-order valence-corrected chi connectivity index (χ2v) is 14.9. The van der Waals surface area contributed by atoms with Crippen molar-refractivity contribution in [1.29, 1.82) is 0 Å². The normalized spacial score (nSPS) is 14.3. The number of benzene rings is 3. The van der Waals surface area contributed by atoms with Gasteiger partial charge in [-0.15, -0.1) is 0 Å². The number of aliphatic hydroxyl groups excluding tert-OH is 1. The van der Waals surface area contributed by atoms with Gasteiger partial charge in [0, 0.05) is 12.6 Å². The minimum atomic E-state index is -0.968. The number of hydrogen-bond donors (Lipinski definition) is 5. The number of ether oxygens (including phenoxy) is 2. The molecule has 5 aromatic rings. The average Bonchev–Trinajstić information content (AvgIpc) is 3.91. The molecule has 56 heavy (non-hydrogen) atoms. The van der Waals surface area contributed by atoms with E-state index in [1.165, 1.54) is 14.2 Å². The number of nitrogens with one attached hydrogen (secondary N) is 4. The Morgan fingerprint density at radius 1 is 0.661 bits per heavy atom. The highest BCUT2D eigenvalue weighted by atomic mass is 16.5. The number of carbonyl (C=O) groups excluding carboxylic acids is 3. The van der Waals surface area contributed by atoms with Crippen molar-refractivity contribution in [3.63, 3.8) is 0 Å². The topological polar surface area (TPSA) is 178 Å². The zero-order chi connectivity index (χ0) is 40.8. The van der Waals surface area contributed by atoms with Gasteiger partial charge in [-0.05, 0) is 72.3 Å². The molecule has 2 heterocycles. The Morgan fingerprint density at radius 2 is 1.14 bits per heavy atom. The number of likely N-dealkylation sites (N-methyl/N-ethyl adjacent to an activating group) is 2.